The van der Waals surface area contributed by atoms with E-state index < -0.39 is 0 Å². The second-order valence-corrected chi connectivity index (χ2v) is 5.69. The zero-order valence-electron chi connectivity index (χ0n) is 12.1. The standard InChI is InChI=1S/C16H14N4O2S/c21-15(12-23-16-4-1-2-11-20(16)22)18-13-5-7-14(8-6-13)19-10-3-9-17-19/h1-11H,12H2,(H,18,21). The molecule has 0 atom stereocenters. The number of pyridine rings is 1. The van der Waals surface area contributed by atoms with E-state index >= 15 is 0 Å². The highest BCUT2D eigenvalue weighted by Crippen LogP contribution is 2.15. The summed E-state index contributed by atoms with van der Waals surface area (Å²) in [6.45, 7) is 0. The minimum absolute atomic E-state index is 0.161. The van der Waals surface area contributed by atoms with Gasteiger partial charge in [0.15, 0.2) is 6.20 Å². The van der Waals surface area contributed by atoms with E-state index in [0.717, 1.165) is 10.4 Å². The minimum atomic E-state index is -0.161. The van der Waals surface area contributed by atoms with Gasteiger partial charge in [-0.2, -0.15) is 9.83 Å². The van der Waals surface area contributed by atoms with Gasteiger partial charge in [0.2, 0.25) is 5.91 Å². The van der Waals surface area contributed by atoms with Crippen LogP contribution in [-0.2, 0) is 4.79 Å². The molecule has 0 fully saturated rings. The number of hydrogen-bond acceptors (Lipinski definition) is 4. The first-order valence-corrected chi connectivity index (χ1v) is 7.92. The summed E-state index contributed by atoms with van der Waals surface area (Å²) in [5, 5.41) is 18.9. The third-order valence-electron chi connectivity index (χ3n) is 3.06. The van der Waals surface area contributed by atoms with E-state index in [1.807, 2.05) is 36.5 Å². The molecule has 0 unspecified atom stereocenters. The zero-order valence-corrected chi connectivity index (χ0v) is 12.9. The monoisotopic (exact) mass is 326 g/mol. The highest BCUT2D eigenvalue weighted by Gasteiger charge is 2.09. The Morgan fingerprint density at radius 2 is 2.04 bits per heavy atom. The first-order chi connectivity index (χ1) is 11.2. The largest absolute Gasteiger partial charge is 0.618 e. The average Bonchev–Trinajstić information content (AvgIpc) is 3.09. The van der Waals surface area contributed by atoms with Crippen LogP contribution in [0.5, 0.6) is 0 Å². The molecule has 0 spiro atoms. The van der Waals surface area contributed by atoms with Gasteiger partial charge < -0.3 is 10.5 Å². The molecule has 3 aromatic rings. The summed E-state index contributed by atoms with van der Waals surface area (Å²) in [6.07, 6.45) is 4.97. The molecular formula is C16H14N4O2S. The van der Waals surface area contributed by atoms with E-state index in [4.69, 9.17) is 0 Å². The Morgan fingerprint density at radius 1 is 1.22 bits per heavy atom. The second-order valence-electron chi connectivity index (χ2n) is 4.70. The molecule has 0 saturated carbocycles. The Labute approximate surface area is 137 Å². The summed E-state index contributed by atoms with van der Waals surface area (Å²) < 4.78 is 2.49. The van der Waals surface area contributed by atoms with Gasteiger partial charge in [-0.25, -0.2) is 4.68 Å². The SMILES string of the molecule is O=C(CSc1cccc[n+]1[O-])Nc1ccc(-n2cccn2)cc1. The van der Waals surface area contributed by atoms with Crippen LogP contribution in [0.4, 0.5) is 5.69 Å². The van der Waals surface area contributed by atoms with Crippen molar-refractivity contribution in [1.29, 1.82) is 0 Å². The Bertz CT molecular complexity index is 788. The molecule has 7 heteroatoms. The zero-order chi connectivity index (χ0) is 16.1. The summed E-state index contributed by atoms with van der Waals surface area (Å²) in [4.78, 5) is 11.9. The van der Waals surface area contributed by atoms with Gasteiger partial charge in [0.05, 0.1) is 11.4 Å². The minimum Gasteiger partial charge on any atom is -0.618 e. The normalized spacial score (nSPS) is 10.4. The Morgan fingerprint density at radius 3 is 2.74 bits per heavy atom. The summed E-state index contributed by atoms with van der Waals surface area (Å²) in [5.41, 5.74) is 1.62. The Hall–Kier alpha value is -2.80. The van der Waals surface area contributed by atoms with Crippen molar-refractivity contribution in [3.8, 4) is 5.69 Å². The topological polar surface area (TPSA) is 73.9 Å². The van der Waals surface area contributed by atoms with Crippen molar-refractivity contribution < 1.29 is 9.52 Å². The van der Waals surface area contributed by atoms with Gasteiger partial charge in [-0.3, -0.25) is 4.79 Å². The van der Waals surface area contributed by atoms with Crippen LogP contribution in [0.15, 0.2) is 72.1 Å². The van der Waals surface area contributed by atoms with Gasteiger partial charge in [0, 0.05) is 30.2 Å². The molecule has 2 aromatic heterocycles. The maximum absolute atomic E-state index is 11.9. The van der Waals surface area contributed by atoms with E-state index in [0.29, 0.717) is 10.7 Å². The molecule has 0 bridgehead atoms. The lowest BCUT2D eigenvalue weighted by atomic mass is 10.3. The molecule has 3 rings (SSSR count). The van der Waals surface area contributed by atoms with Crippen LogP contribution in [0.25, 0.3) is 5.69 Å². The van der Waals surface area contributed by atoms with Crippen molar-refractivity contribution in [3.63, 3.8) is 0 Å². The molecular weight excluding hydrogens is 312 g/mol. The third-order valence-corrected chi connectivity index (χ3v) is 4.08. The number of carbonyl (C=O) groups excluding carboxylic acids is 1. The summed E-state index contributed by atoms with van der Waals surface area (Å²) in [7, 11) is 0. The van der Waals surface area contributed by atoms with Crippen molar-refractivity contribution >= 4 is 23.4 Å². The molecule has 0 saturated heterocycles. The van der Waals surface area contributed by atoms with E-state index in [1.165, 1.54) is 18.0 Å². The molecule has 1 aromatic carbocycles. The molecule has 6 nitrogen and oxygen atoms in total. The molecule has 0 aliphatic carbocycles. The van der Waals surface area contributed by atoms with Crippen molar-refractivity contribution in [2.24, 2.45) is 0 Å². The maximum atomic E-state index is 11.9. The smallest absolute Gasteiger partial charge is 0.251 e. The predicted octanol–water partition coefficient (Wildman–Crippen LogP) is 2.24. The van der Waals surface area contributed by atoms with Gasteiger partial charge in [-0.15, -0.1) is 0 Å². The van der Waals surface area contributed by atoms with Crippen LogP contribution >= 0.6 is 11.8 Å². The van der Waals surface area contributed by atoms with Crippen molar-refractivity contribution in [3.05, 3.63) is 72.3 Å². The summed E-state index contributed by atoms with van der Waals surface area (Å²) >= 11 is 1.20. The van der Waals surface area contributed by atoms with Crippen LogP contribution in [0, 0.1) is 5.21 Å². The predicted molar refractivity (Wildman–Crippen MR) is 88.3 cm³/mol. The molecule has 0 aliphatic rings. The third kappa shape index (κ3) is 3.89. The van der Waals surface area contributed by atoms with Crippen LogP contribution in [-0.4, -0.2) is 21.4 Å². The number of thioether (sulfide) groups is 1. The Balaban J connectivity index is 1.57. The number of nitrogens with zero attached hydrogens (tertiary/aromatic N) is 3. The molecule has 0 radical (unpaired) electrons. The fraction of sp³-hybridized carbons (Fsp3) is 0.0625. The fourth-order valence-electron chi connectivity index (χ4n) is 1.98. The van der Waals surface area contributed by atoms with E-state index in [2.05, 4.69) is 10.4 Å². The van der Waals surface area contributed by atoms with Crippen molar-refractivity contribution in [2.45, 2.75) is 5.03 Å². The quantitative estimate of drug-likeness (QED) is 0.443. The number of aromatic nitrogens is 3. The van der Waals surface area contributed by atoms with Crippen LogP contribution < -0.4 is 10.0 Å². The van der Waals surface area contributed by atoms with Gasteiger partial charge in [-0.1, -0.05) is 0 Å². The van der Waals surface area contributed by atoms with Gasteiger partial charge in [0.1, 0.15) is 0 Å². The molecule has 1 N–H and O–H groups in total. The Kier molecular flexibility index (Phi) is 4.58. The average molecular weight is 326 g/mol. The van der Waals surface area contributed by atoms with Crippen molar-refractivity contribution in [2.75, 3.05) is 11.1 Å². The van der Waals surface area contributed by atoms with E-state index in [-0.39, 0.29) is 11.7 Å². The van der Waals surface area contributed by atoms with Gasteiger partial charge in [-0.05, 0) is 48.2 Å². The number of nitrogens with one attached hydrogen (secondary N) is 1. The number of carbonyl (C=O) groups is 1. The molecule has 2 heterocycles. The molecule has 23 heavy (non-hydrogen) atoms. The van der Waals surface area contributed by atoms with E-state index in [1.54, 1.807) is 29.1 Å². The number of hydrogen-bond donors (Lipinski definition) is 1. The summed E-state index contributed by atoms with van der Waals surface area (Å²) in [5.74, 6) is 0.0124. The first kappa shape index (κ1) is 15.1. The van der Waals surface area contributed by atoms with Crippen LogP contribution in [0.1, 0.15) is 0 Å². The number of amides is 1. The number of rotatable bonds is 5. The van der Waals surface area contributed by atoms with Gasteiger partial charge >= 0.3 is 0 Å². The van der Waals surface area contributed by atoms with Gasteiger partial charge in [0.25, 0.3) is 5.03 Å². The fourth-order valence-corrected chi connectivity index (χ4v) is 2.69. The lowest BCUT2D eigenvalue weighted by molar-refractivity contribution is -0.645. The summed E-state index contributed by atoms with van der Waals surface area (Å²) in [6, 6.07) is 14.3. The van der Waals surface area contributed by atoms with E-state index in [9.17, 15) is 10.0 Å². The van der Waals surface area contributed by atoms with Crippen LogP contribution in [0.3, 0.4) is 0 Å². The lowest BCUT2D eigenvalue weighted by Gasteiger charge is -2.07. The van der Waals surface area contributed by atoms with Crippen molar-refractivity contribution in [1.82, 2.24) is 9.78 Å². The number of anilines is 1. The highest BCUT2D eigenvalue weighted by atomic mass is 32.2. The first-order valence-electron chi connectivity index (χ1n) is 6.93. The number of benzene rings is 1. The maximum Gasteiger partial charge on any atom is 0.251 e. The molecule has 116 valence electrons. The highest BCUT2D eigenvalue weighted by molar-refractivity contribution is 7.99. The second kappa shape index (κ2) is 6.97. The van der Waals surface area contributed by atoms with Crippen LogP contribution in [0.2, 0.25) is 0 Å². The molecule has 0 aliphatic heterocycles. The molecule has 1 amide bonds. The lowest BCUT2D eigenvalue weighted by Crippen LogP contribution is -2.28.